The van der Waals surface area contributed by atoms with Crippen molar-refractivity contribution in [2.75, 3.05) is 11.5 Å². The van der Waals surface area contributed by atoms with Gasteiger partial charge in [-0.3, -0.25) is 0 Å². The topological polar surface area (TPSA) is 77.8 Å². The van der Waals surface area contributed by atoms with Crippen molar-refractivity contribution in [3.8, 4) is 0 Å². The summed E-state index contributed by atoms with van der Waals surface area (Å²) in [5, 5.41) is 0. The minimum absolute atomic E-state index is 0.100. The van der Waals surface area contributed by atoms with Gasteiger partial charge in [0.1, 0.15) is 5.82 Å². The van der Waals surface area contributed by atoms with Crippen LogP contribution in [0.2, 0.25) is 0 Å². The Bertz CT molecular complexity index is 224. The summed E-state index contributed by atoms with van der Waals surface area (Å²) in [4.78, 5) is 7.07. The van der Waals surface area contributed by atoms with E-state index < -0.39 is 0 Å². The molecule has 0 amide bonds. The number of nitrogens with zero attached hydrogens (tertiary/aromatic N) is 2. The normalized spacial score (nSPS) is 10.8. The van der Waals surface area contributed by atoms with E-state index in [1.54, 1.807) is 0 Å². The van der Waals surface area contributed by atoms with E-state index in [0.717, 1.165) is 0 Å². The van der Waals surface area contributed by atoms with Crippen LogP contribution in [0, 0.1) is 0 Å². The van der Waals surface area contributed by atoms with Crippen molar-refractivity contribution in [2.45, 2.75) is 0 Å². The van der Waals surface area contributed by atoms with Crippen LogP contribution >= 0.6 is 0 Å². The Labute approximate surface area is 48.0 Å². The van der Waals surface area contributed by atoms with Gasteiger partial charge in [-0.1, -0.05) is 0 Å². The van der Waals surface area contributed by atoms with Crippen LogP contribution in [0.1, 0.15) is 1.37 Å². The van der Waals surface area contributed by atoms with Crippen LogP contribution in [0.5, 0.6) is 0 Å². The maximum Gasteiger partial charge on any atom is 0.221 e. The molecule has 0 bridgehead atoms. The van der Waals surface area contributed by atoms with Crippen LogP contribution in [-0.2, 0) is 0 Å². The average Bonchev–Trinajstić information content (AvgIpc) is 1.80. The van der Waals surface area contributed by atoms with Crippen molar-refractivity contribution < 1.29 is 1.37 Å². The Balaban J connectivity index is 3.17. The zero-order chi connectivity index (χ0) is 6.85. The third-order valence-corrected chi connectivity index (χ3v) is 0.644. The summed E-state index contributed by atoms with van der Waals surface area (Å²) in [7, 11) is 0. The molecule has 0 saturated carbocycles. The Hall–Kier alpha value is -1.32. The lowest BCUT2D eigenvalue weighted by Gasteiger charge is -1.89. The molecule has 0 fully saturated rings. The van der Waals surface area contributed by atoms with Gasteiger partial charge < -0.3 is 11.5 Å². The number of aromatic nitrogens is 2. The highest BCUT2D eigenvalue weighted by atomic mass is 15.0. The lowest BCUT2D eigenvalue weighted by molar-refractivity contribution is 1.19. The maximum atomic E-state index is 7.01. The maximum absolute atomic E-state index is 7.01. The SMILES string of the molecule is [3H]c1cnc(N)nc1N. The second-order valence-corrected chi connectivity index (χ2v) is 1.26. The monoisotopic (exact) mass is 112 g/mol. The van der Waals surface area contributed by atoms with Crippen LogP contribution in [0.4, 0.5) is 11.8 Å². The second kappa shape index (κ2) is 1.65. The van der Waals surface area contributed by atoms with E-state index in [1.807, 2.05) is 0 Å². The molecular weight excluding hydrogens is 104 g/mol. The highest BCUT2D eigenvalue weighted by Crippen LogP contribution is 1.94. The van der Waals surface area contributed by atoms with Gasteiger partial charge in [-0.05, 0) is 6.04 Å². The van der Waals surface area contributed by atoms with Crippen LogP contribution < -0.4 is 11.5 Å². The zero-order valence-electron chi connectivity index (χ0n) is 5.13. The fourth-order valence-corrected chi connectivity index (χ4v) is 0.349. The zero-order valence-corrected chi connectivity index (χ0v) is 4.13. The predicted molar refractivity (Wildman–Crippen MR) is 30.9 cm³/mol. The van der Waals surface area contributed by atoms with Gasteiger partial charge in [0.2, 0.25) is 5.95 Å². The molecule has 4 nitrogen and oxygen atoms in total. The van der Waals surface area contributed by atoms with Crippen molar-refractivity contribution in [3.05, 3.63) is 12.2 Å². The van der Waals surface area contributed by atoms with Gasteiger partial charge in [-0.2, -0.15) is 4.98 Å². The molecule has 1 aromatic heterocycles. The van der Waals surface area contributed by atoms with Crippen molar-refractivity contribution in [1.29, 1.82) is 0 Å². The third-order valence-electron chi connectivity index (χ3n) is 0.644. The smallest absolute Gasteiger partial charge is 0.221 e. The summed E-state index contributed by atoms with van der Waals surface area (Å²) in [5.74, 6) is 0.214. The number of hydrogen-bond acceptors (Lipinski definition) is 4. The first-order valence-electron chi connectivity index (χ1n) is 2.55. The lowest BCUT2D eigenvalue weighted by atomic mass is 10.6. The van der Waals surface area contributed by atoms with Gasteiger partial charge in [0.05, 0.1) is 1.37 Å². The molecule has 0 aliphatic carbocycles. The van der Waals surface area contributed by atoms with Gasteiger partial charge >= 0.3 is 0 Å². The lowest BCUT2D eigenvalue weighted by Crippen LogP contribution is -1.96. The standard InChI is InChI=1S/C4H6N4/c5-3-1-2-7-4(6)8-3/h1-2H,(H4,5,6,7,8)/i1T. The molecule has 0 aliphatic rings. The summed E-state index contributed by atoms with van der Waals surface area (Å²) < 4.78 is 7.01. The van der Waals surface area contributed by atoms with Crippen LogP contribution in [-0.4, -0.2) is 9.97 Å². The molecule has 0 aromatic carbocycles. The molecular formula is C4H6N4. The molecule has 0 atom stereocenters. The molecule has 8 heavy (non-hydrogen) atoms. The second-order valence-electron chi connectivity index (χ2n) is 1.26. The highest BCUT2D eigenvalue weighted by Gasteiger charge is 1.84. The Morgan fingerprint density at radius 2 is 2.38 bits per heavy atom. The Kier molecular flexibility index (Phi) is 0.754. The summed E-state index contributed by atoms with van der Waals surface area (Å²) in [5.41, 5.74) is 10.3. The van der Waals surface area contributed by atoms with E-state index in [2.05, 4.69) is 9.97 Å². The summed E-state index contributed by atoms with van der Waals surface area (Å²) >= 11 is 0. The van der Waals surface area contributed by atoms with Gasteiger partial charge in [0.15, 0.2) is 0 Å². The predicted octanol–water partition coefficient (Wildman–Crippen LogP) is -0.359. The van der Waals surface area contributed by atoms with Gasteiger partial charge in [-0.15, -0.1) is 0 Å². The van der Waals surface area contributed by atoms with E-state index in [1.165, 1.54) is 6.20 Å². The summed E-state index contributed by atoms with van der Waals surface area (Å²) in [6.07, 6.45) is 1.26. The van der Waals surface area contributed by atoms with Gasteiger partial charge in [-0.25, -0.2) is 4.98 Å². The van der Waals surface area contributed by atoms with Crippen LogP contribution in [0.25, 0.3) is 0 Å². The van der Waals surface area contributed by atoms with Gasteiger partial charge in [0.25, 0.3) is 0 Å². The highest BCUT2D eigenvalue weighted by molar-refractivity contribution is 5.31. The Morgan fingerprint density at radius 1 is 1.62 bits per heavy atom. The van der Waals surface area contributed by atoms with Crippen molar-refractivity contribution in [3.63, 3.8) is 0 Å². The molecule has 1 heterocycles. The van der Waals surface area contributed by atoms with Crippen molar-refractivity contribution >= 4 is 11.8 Å². The van der Waals surface area contributed by atoms with E-state index in [-0.39, 0.29) is 17.8 Å². The first-order chi connectivity index (χ1) is 4.20. The van der Waals surface area contributed by atoms with Crippen LogP contribution in [0.15, 0.2) is 12.2 Å². The van der Waals surface area contributed by atoms with E-state index >= 15 is 0 Å². The quantitative estimate of drug-likeness (QED) is 0.480. The number of nitrogens with two attached hydrogens (primary N) is 2. The molecule has 0 saturated heterocycles. The molecule has 4 N–H and O–H groups in total. The minimum atomic E-state index is 0.100. The van der Waals surface area contributed by atoms with Crippen molar-refractivity contribution in [1.82, 2.24) is 9.97 Å². The molecule has 0 aliphatic heterocycles. The minimum Gasteiger partial charge on any atom is -0.384 e. The molecule has 4 heteroatoms. The third kappa shape index (κ3) is 0.841. The largest absolute Gasteiger partial charge is 0.384 e. The Morgan fingerprint density at radius 3 is 2.88 bits per heavy atom. The van der Waals surface area contributed by atoms with Gasteiger partial charge in [0, 0.05) is 6.20 Å². The summed E-state index contributed by atoms with van der Waals surface area (Å²) in [6, 6.07) is 0.101. The molecule has 0 spiro atoms. The molecule has 0 unspecified atom stereocenters. The molecule has 0 radical (unpaired) electrons. The van der Waals surface area contributed by atoms with E-state index in [4.69, 9.17) is 12.8 Å². The first kappa shape index (κ1) is 3.65. The average molecular weight is 112 g/mol. The van der Waals surface area contributed by atoms with Crippen molar-refractivity contribution in [2.24, 2.45) is 0 Å². The number of anilines is 2. The number of hydrogen-bond donors (Lipinski definition) is 2. The molecule has 42 valence electrons. The number of nitrogen functional groups attached to an aromatic ring is 2. The molecule has 1 aromatic rings. The van der Waals surface area contributed by atoms with Crippen LogP contribution in [0.3, 0.4) is 0 Å². The summed E-state index contributed by atoms with van der Waals surface area (Å²) in [6.45, 7) is 0. The van der Waals surface area contributed by atoms with E-state index in [9.17, 15) is 0 Å². The number of rotatable bonds is 0. The molecule has 1 rings (SSSR count). The fraction of sp³-hybridized carbons (Fsp3) is 0. The fourth-order valence-electron chi connectivity index (χ4n) is 0.349. The van der Waals surface area contributed by atoms with E-state index in [0.29, 0.717) is 0 Å². The first-order valence-corrected chi connectivity index (χ1v) is 2.05.